The van der Waals surface area contributed by atoms with Crippen molar-refractivity contribution in [2.24, 2.45) is 0 Å². The number of rotatable bonds is 4. The third-order valence-corrected chi connectivity index (χ3v) is 1.70. The number of aliphatic hydroxyl groups is 1. The SMILES string of the molecule is CC=C(CC)C(=O)NCC(C)(C)O. The summed E-state index contributed by atoms with van der Waals surface area (Å²) in [7, 11) is 0. The first-order valence-electron chi connectivity index (χ1n) is 4.56. The third-order valence-electron chi connectivity index (χ3n) is 1.70. The van der Waals surface area contributed by atoms with Gasteiger partial charge in [0.15, 0.2) is 0 Å². The van der Waals surface area contributed by atoms with E-state index in [0.29, 0.717) is 6.42 Å². The summed E-state index contributed by atoms with van der Waals surface area (Å²) in [6.07, 6.45) is 2.51. The molecule has 0 aromatic heterocycles. The molecule has 2 N–H and O–H groups in total. The van der Waals surface area contributed by atoms with Crippen LogP contribution in [0.3, 0.4) is 0 Å². The van der Waals surface area contributed by atoms with Gasteiger partial charge in [-0.3, -0.25) is 4.79 Å². The molecular weight excluding hydrogens is 166 g/mol. The molecule has 3 nitrogen and oxygen atoms in total. The summed E-state index contributed by atoms with van der Waals surface area (Å²) in [5.74, 6) is -0.0906. The minimum Gasteiger partial charge on any atom is -0.389 e. The lowest BCUT2D eigenvalue weighted by atomic mass is 10.1. The molecule has 1 amide bonds. The van der Waals surface area contributed by atoms with E-state index in [9.17, 15) is 9.90 Å². The molecule has 13 heavy (non-hydrogen) atoms. The van der Waals surface area contributed by atoms with E-state index < -0.39 is 5.60 Å². The summed E-state index contributed by atoms with van der Waals surface area (Å²) in [6, 6.07) is 0. The van der Waals surface area contributed by atoms with Crippen molar-refractivity contribution < 1.29 is 9.90 Å². The average Bonchev–Trinajstić information content (AvgIpc) is 2.02. The molecule has 0 rings (SSSR count). The molecule has 0 atom stereocenters. The highest BCUT2D eigenvalue weighted by Gasteiger charge is 2.14. The van der Waals surface area contributed by atoms with Crippen LogP contribution in [-0.4, -0.2) is 23.2 Å². The van der Waals surface area contributed by atoms with Gasteiger partial charge in [0, 0.05) is 12.1 Å². The second-order valence-corrected chi connectivity index (χ2v) is 3.66. The minimum absolute atomic E-state index is 0.0906. The molecule has 0 heterocycles. The summed E-state index contributed by atoms with van der Waals surface area (Å²) < 4.78 is 0. The predicted octanol–water partition coefficient (Wildman–Crippen LogP) is 1.23. The average molecular weight is 185 g/mol. The minimum atomic E-state index is -0.845. The Labute approximate surface area is 79.8 Å². The standard InChI is InChI=1S/C10H19NO2/c1-5-8(6-2)9(12)11-7-10(3,4)13/h5,13H,6-7H2,1-4H3,(H,11,12). The zero-order chi connectivity index (χ0) is 10.5. The van der Waals surface area contributed by atoms with Crippen LogP contribution in [0.15, 0.2) is 11.6 Å². The number of hydrogen-bond donors (Lipinski definition) is 2. The smallest absolute Gasteiger partial charge is 0.246 e. The van der Waals surface area contributed by atoms with Crippen LogP contribution in [0.2, 0.25) is 0 Å². The molecule has 0 aliphatic rings. The van der Waals surface area contributed by atoms with Crippen molar-refractivity contribution in [3.63, 3.8) is 0 Å². The second kappa shape index (κ2) is 5.02. The van der Waals surface area contributed by atoms with Crippen molar-refractivity contribution in [3.8, 4) is 0 Å². The molecule has 0 spiro atoms. The molecule has 0 aromatic rings. The molecule has 0 bridgehead atoms. The molecule has 0 unspecified atom stereocenters. The van der Waals surface area contributed by atoms with E-state index in [-0.39, 0.29) is 12.5 Å². The van der Waals surface area contributed by atoms with E-state index in [1.807, 2.05) is 13.8 Å². The number of amides is 1. The summed E-state index contributed by atoms with van der Waals surface area (Å²) >= 11 is 0. The summed E-state index contributed by atoms with van der Waals surface area (Å²) in [5, 5.41) is 12.0. The Morgan fingerprint density at radius 3 is 2.38 bits per heavy atom. The topological polar surface area (TPSA) is 49.3 Å². The fraction of sp³-hybridized carbons (Fsp3) is 0.700. The van der Waals surface area contributed by atoms with Crippen LogP contribution >= 0.6 is 0 Å². The lowest BCUT2D eigenvalue weighted by Gasteiger charge is -2.18. The van der Waals surface area contributed by atoms with Gasteiger partial charge < -0.3 is 10.4 Å². The monoisotopic (exact) mass is 185 g/mol. The number of nitrogens with one attached hydrogen (secondary N) is 1. The maximum atomic E-state index is 11.4. The molecule has 0 radical (unpaired) electrons. The molecule has 3 heteroatoms. The van der Waals surface area contributed by atoms with Crippen LogP contribution in [-0.2, 0) is 4.79 Å². The number of carbonyl (C=O) groups is 1. The van der Waals surface area contributed by atoms with E-state index in [2.05, 4.69) is 5.32 Å². The van der Waals surface area contributed by atoms with Crippen molar-refractivity contribution in [1.82, 2.24) is 5.32 Å². The van der Waals surface area contributed by atoms with Crippen molar-refractivity contribution >= 4 is 5.91 Å². The zero-order valence-electron chi connectivity index (χ0n) is 8.85. The Morgan fingerprint density at radius 2 is 2.08 bits per heavy atom. The number of carbonyl (C=O) groups excluding carboxylic acids is 1. The van der Waals surface area contributed by atoms with E-state index in [0.717, 1.165) is 5.57 Å². The molecule has 0 fully saturated rings. The van der Waals surface area contributed by atoms with Crippen LogP contribution in [0.4, 0.5) is 0 Å². The Hall–Kier alpha value is -0.830. The fourth-order valence-corrected chi connectivity index (χ4v) is 0.906. The first-order chi connectivity index (χ1) is 5.90. The Bertz CT molecular complexity index is 201. The highest BCUT2D eigenvalue weighted by Crippen LogP contribution is 2.02. The highest BCUT2D eigenvalue weighted by atomic mass is 16.3. The van der Waals surface area contributed by atoms with Gasteiger partial charge in [-0.05, 0) is 27.2 Å². The van der Waals surface area contributed by atoms with Crippen LogP contribution in [0.1, 0.15) is 34.1 Å². The quantitative estimate of drug-likeness (QED) is 0.647. The lowest BCUT2D eigenvalue weighted by molar-refractivity contribution is -0.118. The maximum Gasteiger partial charge on any atom is 0.246 e. The van der Waals surface area contributed by atoms with Crippen LogP contribution in [0, 0.1) is 0 Å². The van der Waals surface area contributed by atoms with E-state index in [1.54, 1.807) is 19.9 Å². The van der Waals surface area contributed by atoms with Crippen LogP contribution in [0.25, 0.3) is 0 Å². The maximum absolute atomic E-state index is 11.4. The summed E-state index contributed by atoms with van der Waals surface area (Å²) in [5.41, 5.74) is -0.0911. The Morgan fingerprint density at radius 1 is 1.54 bits per heavy atom. The number of hydrogen-bond acceptors (Lipinski definition) is 2. The molecule has 0 aliphatic carbocycles. The van der Waals surface area contributed by atoms with Crippen molar-refractivity contribution in [3.05, 3.63) is 11.6 Å². The van der Waals surface area contributed by atoms with E-state index in [4.69, 9.17) is 0 Å². The molecule has 0 aromatic carbocycles. The fourth-order valence-electron chi connectivity index (χ4n) is 0.906. The first kappa shape index (κ1) is 12.2. The van der Waals surface area contributed by atoms with Gasteiger partial charge in [-0.15, -0.1) is 0 Å². The summed E-state index contributed by atoms with van der Waals surface area (Å²) in [6.45, 7) is 7.37. The predicted molar refractivity (Wildman–Crippen MR) is 53.4 cm³/mol. The van der Waals surface area contributed by atoms with Gasteiger partial charge in [0.1, 0.15) is 0 Å². The molecule has 0 saturated carbocycles. The Kier molecular flexibility index (Phi) is 4.70. The van der Waals surface area contributed by atoms with Crippen molar-refractivity contribution in [1.29, 1.82) is 0 Å². The van der Waals surface area contributed by atoms with Gasteiger partial charge in [-0.25, -0.2) is 0 Å². The van der Waals surface area contributed by atoms with Crippen molar-refractivity contribution in [2.75, 3.05) is 6.54 Å². The molecule has 76 valence electrons. The highest BCUT2D eigenvalue weighted by molar-refractivity contribution is 5.93. The largest absolute Gasteiger partial charge is 0.389 e. The molecule has 0 aliphatic heterocycles. The molecule has 0 saturated heterocycles. The van der Waals surface area contributed by atoms with Crippen LogP contribution < -0.4 is 5.32 Å². The Balaban J connectivity index is 4.02. The number of allylic oxidation sites excluding steroid dienone is 1. The first-order valence-corrected chi connectivity index (χ1v) is 4.56. The normalized spacial score (nSPS) is 12.8. The van der Waals surface area contributed by atoms with Gasteiger partial charge in [0.05, 0.1) is 5.60 Å². The van der Waals surface area contributed by atoms with Gasteiger partial charge in [0.2, 0.25) is 5.91 Å². The molecular formula is C10H19NO2. The van der Waals surface area contributed by atoms with E-state index in [1.165, 1.54) is 0 Å². The second-order valence-electron chi connectivity index (χ2n) is 3.66. The van der Waals surface area contributed by atoms with Crippen LogP contribution in [0.5, 0.6) is 0 Å². The lowest BCUT2D eigenvalue weighted by Crippen LogP contribution is -2.38. The summed E-state index contributed by atoms with van der Waals surface area (Å²) in [4.78, 5) is 11.4. The van der Waals surface area contributed by atoms with E-state index >= 15 is 0 Å². The zero-order valence-corrected chi connectivity index (χ0v) is 8.85. The van der Waals surface area contributed by atoms with Gasteiger partial charge >= 0.3 is 0 Å². The van der Waals surface area contributed by atoms with Gasteiger partial charge in [-0.2, -0.15) is 0 Å². The third kappa shape index (κ3) is 5.42. The van der Waals surface area contributed by atoms with Gasteiger partial charge in [0.25, 0.3) is 0 Å². The van der Waals surface area contributed by atoms with Gasteiger partial charge in [-0.1, -0.05) is 13.0 Å². The van der Waals surface area contributed by atoms with Crippen molar-refractivity contribution in [2.45, 2.75) is 39.7 Å².